The number of hydrogen-bond donors (Lipinski definition) is 0. The fraction of sp³-hybridized carbons (Fsp3) is 0.458. The molecule has 1 aromatic carbocycles. The van der Waals surface area contributed by atoms with E-state index in [-0.39, 0.29) is 18.0 Å². The Morgan fingerprint density at radius 1 is 1.03 bits per heavy atom. The highest BCUT2D eigenvalue weighted by molar-refractivity contribution is 5.96. The van der Waals surface area contributed by atoms with Crippen molar-refractivity contribution in [2.45, 2.75) is 56.5 Å². The van der Waals surface area contributed by atoms with Crippen LogP contribution in [0.2, 0.25) is 0 Å². The first-order valence-electron chi connectivity index (χ1n) is 11.1. The molecular formula is C24H27N5O. The summed E-state index contributed by atoms with van der Waals surface area (Å²) in [6.07, 6.45) is 8.19. The molecule has 30 heavy (non-hydrogen) atoms. The lowest BCUT2D eigenvalue weighted by Crippen LogP contribution is -2.50. The first-order valence-corrected chi connectivity index (χ1v) is 11.1. The second-order valence-electron chi connectivity index (χ2n) is 9.06. The van der Waals surface area contributed by atoms with Gasteiger partial charge in [-0.15, -0.1) is 0 Å². The van der Waals surface area contributed by atoms with E-state index in [4.69, 9.17) is 5.10 Å². The molecule has 154 valence electrons. The number of aromatic nitrogens is 4. The lowest BCUT2D eigenvalue weighted by atomic mass is 9.81. The Labute approximate surface area is 176 Å². The summed E-state index contributed by atoms with van der Waals surface area (Å²) in [5, 5.41) is 9.39. The molecule has 6 rings (SSSR count). The molecule has 2 bridgehead atoms. The summed E-state index contributed by atoms with van der Waals surface area (Å²) in [4.78, 5) is 15.9. The monoisotopic (exact) mass is 401 g/mol. The number of benzene rings is 1. The molecule has 2 fully saturated rings. The molecule has 1 saturated heterocycles. The fourth-order valence-electron chi connectivity index (χ4n) is 5.70. The Morgan fingerprint density at radius 3 is 2.60 bits per heavy atom. The predicted octanol–water partition coefficient (Wildman–Crippen LogP) is 3.99. The van der Waals surface area contributed by atoms with E-state index in [1.807, 2.05) is 29.5 Å². The highest BCUT2D eigenvalue weighted by atomic mass is 16.2. The van der Waals surface area contributed by atoms with Gasteiger partial charge < -0.3 is 4.90 Å². The van der Waals surface area contributed by atoms with Gasteiger partial charge in [-0.3, -0.25) is 14.2 Å². The maximum atomic E-state index is 13.8. The average molecular weight is 402 g/mol. The molecule has 2 aliphatic heterocycles. The largest absolute Gasteiger partial charge is 0.327 e. The lowest BCUT2D eigenvalue weighted by molar-refractivity contribution is 0.0390. The van der Waals surface area contributed by atoms with Gasteiger partial charge in [-0.05, 0) is 38.5 Å². The molecule has 2 aromatic heterocycles. The van der Waals surface area contributed by atoms with Gasteiger partial charge in [-0.2, -0.15) is 10.2 Å². The minimum Gasteiger partial charge on any atom is -0.327 e. The molecule has 2 unspecified atom stereocenters. The van der Waals surface area contributed by atoms with Crippen molar-refractivity contribution < 1.29 is 4.79 Å². The molecule has 2 atom stereocenters. The number of hydrogen-bond acceptors (Lipinski definition) is 3. The summed E-state index contributed by atoms with van der Waals surface area (Å²) in [6, 6.07) is 10.8. The Morgan fingerprint density at radius 2 is 1.83 bits per heavy atom. The van der Waals surface area contributed by atoms with Gasteiger partial charge in [0.1, 0.15) is 0 Å². The normalized spacial score (nSPS) is 22.8. The molecule has 6 heteroatoms. The highest BCUT2D eigenvalue weighted by Crippen LogP contribution is 2.46. The van der Waals surface area contributed by atoms with E-state index in [9.17, 15) is 4.79 Å². The number of carbonyl (C=O) groups excluding carboxylic acids is 1. The summed E-state index contributed by atoms with van der Waals surface area (Å²) in [6.45, 7) is 0. The van der Waals surface area contributed by atoms with E-state index in [1.165, 1.54) is 16.8 Å². The van der Waals surface area contributed by atoms with E-state index >= 15 is 0 Å². The first-order chi connectivity index (χ1) is 14.6. The zero-order chi connectivity index (χ0) is 20.4. The molecular weight excluding hydrogens is 374 g/mol. The molecule has 1 amide bonds. The third-order valence-corrected chi connectivity index (χ3v) is 7.14. The van der Waals surface area contributed by atoms with Gasteiger partial charge >= 0.3 is 0 Å². The molecule has 3 aromatic rings. The maximum absolute atomic E-state index is 13.8. The third kappa shape index (κ3) is 2.59. The Kier molecular flexibility index (Phi) is 3.92. The van der Waals surface area contributed by atoms with Gasteiger partial charge in [0, 0.05) is 37.2 Å². The molecule has 1 aliphatic carbocycles. The van der Waals surface area contributed by atoms with Gasteiger partial charge in [0.2, 0.25) is 0 Å². The smallest absolute Gasteiger partial charge is 0.258 e. The van der Waals surface area contributed by atoms with Crippen LogP contribution in [-0.2, 0) is 20.5 Å². The lowest BCUT2D eigenvalue weighted by Gasteiger charge is -2.45. The van der Waals surface area contributed by atoms with Crippen molar-refractivity contribution in [2.75, 3.05) is 0 Å². The molecule has 1 saturated carbocycles. The van der Waals surface area contributed by atoms with Crippen LogP contribution in [0.1, 0.15) is 71.4 Å². The van der Waals surface area contributed by atoms with Crippen LogP contribution < -0.4 is 0 Å². The Hall–Kier alpha value is -2.89. The van der Waals surface area contributed by atoms with Gasteiger partial charge in [-0.1, -0.05) is 30.3 Å². The van der Waals surface area contributed by atoms with Crippen molar-refractivity contribution in [1.82, 2.24) is 24.5 Å². The topological polar surface area (TPSA) is 56.0 Å². The summed E-state index contributed by atoms with van der Waals surface area (Å²) in [5.41, 5.74) is 6.76. The van der Waals surface area contributed by atoms with E-state index in [1.54, 1.807) is 6.20 Å². The second-order valence-corrected chi connectivity index (χ2v) is 9.06. The van der Waals surface area contributed by atoms with Crippen LogP contribution in [0.25, 0.3) is 11.3 Å². The van der Waals surface area contributed by atoms with Gasteiger partial charge in [0.15, 0.2) is 0 Å². The van der Waals surface area contributed by atoms with Crippen LogP contribution in [0.3, 0.4) is 0 Å². The van der Waals surface area contributed by atoms with Crippen molar-refractivity contribution in [3.05, 3.63) is 59.0 Å². The molecule has 0 spiro atoms. The molecule has 4 heterocycles. The number of amides is 1. The second kappa shape index (κ2) is 6.56. The number of carbonyl (C=O) groups is 1. The molecule has 0 N–H and O–H groups in total. The predicted molar refractivity (Wildman–Crippen MR) is 114 cm³/mol. The maximum Gasteiger partial charge on any atom is 0.258 e. The van der Waals surface area contributed by atoms with Crippen LogP contribution in [0.15, 0.2) is 36.5 Å². The summed E-state index contributed by atoms with van der Waals surface area (Å²) >= 11 is 0. The van der Waals surface area contributed by atoms with E-state index in [0.29, 0.717) is 5.92 Å². The number of piperidine rings is 1. The first kappa shape index (κ1) is 17.9. The van der Waals surface area contributed by atoms with Crippen molar-refractivity contribution in [2.24, 2.45) is 14.1 Å². The van der Waals surface area contributed by atoms with Crippen LogP contribution in [0.5, 0.6) is 0 Å². The van der Waals surface area contributed by atoms with E-state index < -0.39 is 0 Å². The summed E-state index contributed by atoms with van der Waals surface area (Å²) < 4.78 is 3.92. The van der Waals surface area contributed by atoms with E-state index in [0.717, 1.165) is 55.5 Å². The zero-order valence-electron chi connectivity index (χ0n) is 17.6. The molecule has 0 radical (unpaired) electrons. The molecule has 3 aliphatic rings. The number of nitrogens with zero attached hydrogens (tertiary/aromatic N) is 5. The molecule has 6 nitrogen and oxygen atoms in total. The minimum atomic E-state index is 0.0657. The quantitative estimate of drug-likeness (QED) is 0.667. The van der Waals surface area contributed by atoms with Crippen LogP contribution in [-0.4, -0.2) is 36.4 Å². The number of rotatable bonds is 3. The number of fused-ring (bicyclic) bond motifs is 4. The van der Waals surface area contributed by atoms with Crippen molar-refractivity contribution >= 4 is 5.91 Å². The highest BCUT2D eigenvalue weighted by Gasteiger charge is 2.45. The Bertz CT molecular complexity index is 1120. The van der Waals surface area contributed by atoms with Gasteiger partial charge in [-0.25, -0.2) is 0 Å². The van der Waals surface area contributed by atoms with Crippen LogP contribution >= 0.6 is 0 Å². The van der Waals surface area contributed by atoms with Crippen molar-refractivity contribution in [1.29, 1.82) is 0 Å². The zero-order valence-corrected chi connectivity index (χ0v) is 17.6. The minimum absolute atomic E-state index is 0.0657. The Balaban J connectivity index is 1.43. The summed E-state index contributed by atoms with van der Waals surface area (Å²) in [5.74, 6) is 0.647. The van der Waals surface area contributed by atoms with Crippen molar-refractivity contribution in [3.63, 3.8) is 0 Å². The number of aryl methyl sites for hydroxylation is 2. The fourth-order valence-corrected chi connectivity index (χ4v) is 5.70. The van der Waals surface area contributed by atoms with Crippen molar-refractivity contribution in [3.8, 4) is 11.3 Å². The average Bonchev–Trinajstić information content (AvgIpc) is 3.43. The third-order valence-electron chi connectivity index (χ3n) is 7.14. The van der Waals surface area contributed by atoms with Gasteiger partial charge in [0.05, 0.1) is 34.9 Å². The SMILES string of the molecule is Cn1nc2c(c1-c1ccccc1)CC1CCCC2N1C(=O)c1cnn(C)c1C1CC1. The summed E-state index contributed by atoms with van der Waals surface area (Å²) in [7, 11) is 3.99. The van der Waals surface area contributed by atoms with Gasteiger partial charge in [0.25, 0.3) is 5.91 Å². The van der Waals surface area contributed by atoms with E-state index in [2.05, 4.69) is 34.3 Å². The standard InChI is InChI=1S/C24H27N5O/c1-27-23(16-11-12-16)19(14-25-27)24(30)29-17-9-6-10-20(29)21-18(13-17)22(28(2)26-21)15-7-4-3-5-8-15/h3-5,7-8,14,16-17,20H,6,9-13H2,1-2H3. The van der Waals surface area contributed by atoms with Crippen LogP contribution in [0.4, 0.5) is 0 Å². The van der Waals surface area contributed by atoms with Crippen LogP contribution in [0, 0.1) is 0 Å².